The Labute approximate surface area is 192 Å². The molecule has 1 saturated carbocycles. The summed E-state index contributed by atoms with van der Waals surface area (Å²) in [5.41, 5.74) is 1.47. The third kappa shape index (κ3) is 6.36. The van der Waals surface area contributed by atoms with Crippen molar-refractivity contribution in [3.05, 3.63) is 29.8 Å². The molecule has 2 aliphatic rings. The predicted molar refractivity (Wildman–Crippen MR) is 127 cm³/mol. The largest absolute Gasteiger partial charge is 0.497 e. The van der Waals surface area contributed by atoms with Gasteiger partial charge in [0, 0.05) is 58.8 Å². The van der Waals surface area contributed by atoms with Crippen molar-refractivity contribution in [3.8, 4) is 5.75 Å². The lowest BCUT2D eigenvalue weighted by molar-refractivity contribution is -0.122. The summed E-state index contributed by atoms with van der Waals surface area (Å²) in [6.07, 6.45) is 4.86. The normalized spacial score (nSPS) is 19.1. The first-order chi connectivity index (χ1) is 15.6. The van der Waals surface area contributed by atoms with Gasteiger partial charge in [0.1, 0.15) is 5.75 Å². The highest BCUT2D eigenvalue weighted by Gasteiger charge is 2.36. The minimum absolute atomic E-state index is 0.0551. The van der Waals surface area contributed by atoms with Crippen LogP contribution in [0.2, 0.25) is 0 Å². The van der Waals surface area contributed by atoms with Gasteiger partial charge in [-0.15, -0.1) is 0 Å². The van der Waals surface area contributed by atoms with Gasteiger partial charge < -0.3 is 25.0 Å². The van der Waals surface area contributed by atoms with Crippen LogP contribution >= 0.6 is 0 Å². The summed E-state index contributed by atoms with van der Waals surface area (Å²) in [5, 5.41) is 6.56. The van der Waals surface area contributed by atoms with E-state index in [0.717, 1.165) is 44.4 Å². The first-order valence-electron chi connectivity index (χ1n) is 11.7. The monoisotopic (exact) mass is 445 g/mol. The highest BCUT2D eigenvalue weighted by atomic mass is 16.5. The van der Waals surface area contributed by atoms with Gasteiger partial charge >= 0.3 is 0 Å². The Morgan fingerprint density at radius 1 is 1.12 bits per heavy atom. The second-order valence-electron chi connectivity index (χ2n) is 8.73. The Bertz CT molecular complexity index is 756. The van der Waals surface area contributed by atoms with E-state index in [2.05, 4.69) is 43.6 Å². The summed E-state index contributed by atoms with van der Waals surface area (Å²) < 4.78 is 10.5. The molecule has 0 aromatic heterocycles. The maximum absolute atomic E-state index is 12.1. The highest BCUT2D eigenvalue weighted by molar-refractivity contribution is 5.80. The molecule has 178 valence electrons. The average molecular weight is 446 g/mol. The second-order valence-corrected chi connectivity index (χ2v) is 8.73. The Morgan fingerprint density at radius 3 is 2.53 bits per heavy atom. The maximum atomic E-state index is 12.1. The van der Waals surface area contributed by atoms with E-state index in [-0.39, 0.29) is 11.3 Å². The Balaban J connectivity index is 1.52. The molecule has 1 aliphatic heterocycles. The fourth-order valence-corrected chi connectivity index (χ4v) is 4.82. The second kappa shape index (κ2) is 12.1. The van der Waals surface area contributed by atoms with Gasteiger partial charge in [0.25, 0.3) is 0 Å². The van der Waals surface area contributed by atoms with Crippen molar-refractivity contribution in [2.75, 3.05) is 73.7 Å². The van der Waals surface area contributed by atoms with Crippen LogP contribution < -0.4 is 15.4 Å². The lowest BCUT2D eigenvalue weighted by atomic mass is 9.78. The van der Waals surface area contributed by atoms with Gasteiger partial charge in [-0.1, -0.05) is 25.0 Å². The number of nitrogens with zero attached hydrogens (tertiary/aromatic N) is 3. The van der Waals surface area contributed by atoms with Crippen LogP contribution in [-0.4, -0.2) is 95.4 Å². The molecular formula is C24H39N5O3. The summed E-state index contributed by atoms with van der Waals surface area (Å²) >= 11 is 0. The molecule has 1 saturated heterocycles. The van der Waals surface area contributed by atoms with Crippen molar-refractivity contribution in [3.63, 3.8) is 0 Å². The Kier molecular flexibility index (Phi) is 9.17. The van der Waals surface area contributed by atoms with E-state index in [4.69, 9.17) is 9.47 Å². The lowest BCUT2D eigenvalue weighted by Gasteiger charge is -2.38. The molecule has 32 heavy (non-hydrogen) atoms. The summed E-state index contributed by atoms with van der Waals surface area (Å²) in [5.74, 6) is 1.92. The van der Waals surface area contributed by atoms with Gasteiger partial charge in [-0.3, -0.25) is 14.7 Å². The summed E-state index contributed by atoms with van der Waals surface area (Å²) in [4.78, 5) is 21.1. The number of ether oxygens (including phenoxy) is 2. The van der Waals surface area contributed by atoms with Crippen molar-refractivity contribution in [1.29, 1.82) is 0 Å². The molecule has 0 unspecified atom stereocenters. The fraction of sp³-hybridized carbons (Fsp3) is 0.667. The summed E-state index contributed by atoms with van der Waals surface area (Å²) in [6.45, 7) is 5.81. The zero-order valence-electron chi connectivity index (χ0n) is 19.9. The van der Waals surface area contributed by atoms with Gasteiger partial charge in [-0.25, -0.2) is 0 Å². The molecule has 2 N–H and O–H groups in total. The number of guanidine groups is 1. The molecule has 1 heterocycles. The number of piperazine rings is 1. The smallest absolute Gasteiger partial charge is 0.234 e. The van der Waals surface area contributed by atoms with E-state index in [9.17, 15) is 4.79 Å². The molecule has 0 radical (unpaired) electrons. The van der Waals surface area contributed by atoms with Gasteiger partial charge in [0.2, 0.25) is 5.91 Å². The molecule has 0 atom stereocenters. The molecule has 1 aromatic rings. The predicted octanol–water partition coefficient (Wildman–Crippen LogP) is 1.46. The molecule has 1 aliphatic carbocycles. The van der Waals surface area contributed by atoms with E-state index in [1.807, 2.05) is 13.1 Å². The van der Waals surface area contributed by atoms with Gasteiger partial charge in [-0.2, -0.15) is 0 Å². The quantitative estimate of drug-likeness (QED) is 0.340. The van der Waals surface area contributed by atoms with Gasteiger partial charge in [0.05, 0.1) is 20.3 Å². The van der Waals surface area contributed by atoms with E-state index in [0.29, 0.717) is 19.7 Å². The van der Waals surface area contributed by atoms with Crippen LogP contribution in [-0.2, 0) is 14.9 Å². The highest BCUT2D eigenvalue weighted by Crippen LogP contribution is 2.41. The van der Waals surface area contributed by atoms with Crippen molar-refractivity contribution in [2.45, 2.75) is 31.1 Å². The number of methoxy groups -OCH3 is 2. The number of carbonyl (C=O) groups excluding carboxylic acids is 1. The fourth-order valence-electron chi connectivity index (χ4n) is 4.82. The van der Waals surface area contributed by atoms with E-state index >= 15 is 0 Å². The first kappa shape index (κ1) is 24.3. The number of hydrogen-bond donors (Lipinski definition) is 2. The number of benzene rings is 1. The maximum Gasteiger partial charge on any atom is 0.234 e. The van der Waals surface area contributed by atoms with Crippen LogP contribution in [0.4, 0.5) is 0 Å². The SMILES string of the molecule is CN=C(NCC1(c2cccc(OC)c2)CCCC1)N1CCN(CC(=O)NCCOC)CC1. The van der Waals surface area contributed by atoms with Crippen molar-refractivity contribution < 1.29 is 14.3 Å². The van der Waals surface area contributed by atoms with Gasteiger partial charge in [0.15, 0.2) is 5.96 Å². The number of hydrogen-bond acceptors (Lipinski definition) is 5. The molecule has 2 fully saturated rings. The van der Waals surface area contributed by atoms with Crippen LogP contribution in [0, 0.1) is 0 Å². The minimum Gasteiger partial charge on any atom is -0.497 e. The van der Waals surface area contributed by atoms with E-state index in [1.54, 1.807) is 14.2 Å². The number of carbonyl (C=O) groups is 1. The number of amides is 1. The summed E-state index contributed by atoms with van der Waals surface area (Å²) in [6, 6.07) is 8.52. The molecule has 8 heteroatoms. The number of nitrogens with one attached hydrogen (secondary N) is 2. The molecule has 3 rings (SSSR count). The lowest BCUT2D eigenvalue weighted by Crippen LogP contribution is -2.55. The summed E-state index contributed by atoms with van der Waals surface area (Å²) in [7, 11) is 5.21. The third-order valence-corrected chi connectivity index (χ3v) is 6.71. The number of aliphatic imine (C=N–C) groups is 1. The molecule has 0 bridgehead atoms. The molecule has 8 nitrogen and oxygen atoms in total. The van der Waals surface area contributed by atoms with Crippen molar-refractivity contribution in [1.82, 2.24) is 20.4 Å². The van der Waals surface area contributed by atoms with Crippen LogP contribution in [0.15, 0.2) is 29.3 Å². The zero-order chi connectivity index (χ0) is 22.8. The Morgan fingerprint density at radius 2 is 1.88 bits per heavy atom. The van der Waals surface area contributed by atoms with E-state index in [1.165, 1.54) is 31.2 Å². The van der Waals surface area contributed by atoms with Crippen molar-refractivity contribution >= 4 is 11.9 Å². The van der Waals surface area contributed by atoms with Crippen molar-refractivity contribution in [2.24, 2.45) is 4.99 Å². The Hall–Kier alpha value is -2.32. The molecule has 1 aromatic carbocycles. The number of rotatable bonds is 9. The first-order valence-corrected chi connectivity index (χ1v) is 11.7. The third-order valence-electron chi connectivity index (χ3n) is 6.71. The van der Waals surface area contributed by atoms with E-state index < -0.39 is 0 Å². The molecule has 0 spiro atoms. The van der Waals surface area contributed by atoms with Crippen LogP contribution in [0.5, 0.6) is 5.75 Å². The zero-order valence-corrected chi connectivity index (χ0v) is 19.9. The van der Waals surface area contributed by atoms with Crippen LogP contribution in [0.25, 0.3) is 0 Å². The minimum atomic E-state index is 0.0551. The van der Waals surface area contributed by atoms with Crippen LogP contribution in [0.3, 0.4) is 0 Å². The van der Waals surface area contributed by atoms with Crippen LogP contribution in [0.1, 0.15) is 31.2 Å². The van der Waals surface area contributed by atoms with Gasteiger partial charge in [-0.05, 0) is 30.5 Å². The topological polar surface area (TPSA) is 78.4 Å². The average Bonchev–Trinajstić information content (AvgIpc) is 3.31. The molecular weight excluding hydrogens is 406 g/mol. The molecule has 1 amide bonds. The standard InChI is InChI=1S/C24H39N5O3/c1-25-23(29-14-12-28(13-15-29)18-22(30)26-11-16-31-2)27-19-24(9-4-5-10-24)20-7-6-8-21(17-20)32-3/h6-8,17H,4-5,9-16,18-19H2,1-3H3,(H,25,27)(H,26,30).